The van der Waals surface area contributed by atoms with Gasteiger partial charge in [0.25, 0.3) is 0 Å². The minimum atomic E-state index is 0.332. The Balaban J connectivity index is 2.10. The van der Waals surface area contributed by atoms with E-state index >= 15 is 0 Å². The molecule has 1 nitrogen and oxygen atoms in total. The minimum absolute atomic E-state index is 0.332. The molecular formula is C19H24BrN. The summed E-state index contributed by atoms with van der Waals surface area (Å²) in [6.45, 7) is 6.66. The first-order valence-corrected chi connectivity index (χ1v) is 8.53. The van der Waals surface area contributed by atoms with Crippen molar-refractivity contribution in [2.45, 2.75) is 45.7 Å². The molecule has 0 radical (unpaired) electrons. The van der Waals surface area contributed by atoms with E-state index in [2.05, 4.69) is 90.5 Å². The van der Waals surface area contributed by atoms with Gasteiger partial charge in [0, 0.05) is 16.6 Å². The van der Waals surface area contributed by atoms with Gasteiger partial charge in [0.05, 0.1) is 0 Å². The third kappa shape index (κ3) is 4.42. The van der Waals surface area contributed by atoms with Crippen LogP contribution in [0.5, 0.6) is 0 Å². The predicted octanol–water partition coefficient (Wildman–Crippen LogP) is 5.81. The van der Waals surface area contributed by atoms with E-state index in [0.717, 1.165) is 17.3 Å². The van der Waals surface area contributed by atoms with Gasteiger partial charge in [-0.2, -0.15) is 0 Å². The van der Waals surface area contributed by atoms with Crippen LogP contribution in [0.3, 0.4) is 0 Å². The quantitative estimate of drug-likeness (QED) is 0.696. The van der Waals surface area contributed by atoms with Crippen LogP contribution in [0.1, 0.15) is 56.0 Å². The van der Waals surface area contributed by atoms with E-state index in [1.807, 2.05) is 0 Å². The zero-order valence-corrected chi connectivity index (χ0v) is 14.7. The Morgan fingerprint density at radius 1 is 1.00 bits per heavy atom. The molecule has 0 spiro atoms. The molecule has 0 bridgehead atoms. The van der Waals surface area contributed by atoms with Gasteiger partial charge in [0.2, 0.25) is 0 Å². The number of hydrogen-bond donors (Lipinski definition) is 1. The van der Waals surface area contributed by atoms with E-state index in [4.69, 9.17) is 0 Å². The number of halogens is 1. The van der Waals surface area contributed by atoms with Gasteiger partial charge < -0.3 is 5.32 Å². The van der Waals surface area contributed by atoms with Crippen molar-refractivity contribution < 1.29 is 0 Å². The van der Waals surface area contributed by atoms with Gasteiger partial charge in [-0.1, -0.05) is 66.2 Å². The van der Waals surface area contributed by atoms with Crippen LogP contribution in [-0.4, -0.2) is 0 Å². The Kier molecular flexibility index (Phi) is 6.01. The first-order chi connectivity index (χ1) is 10.1. The third-order valence-electron chi connectivity index (χ3n) is 4.00. The van der Waals surface area contributed by atoms with E-state index in [1.54, 1.807) is 0 Å². The fourth-order valence-electron chi connectivity index (χ4n) is 2.61. The maximum Gasteiger partial charge on any atom is 0.0323 e. The lowest BCUT2D eigenvalue weighted by Crippen LogP contribution is -2.24. The van der Waals surface area contributed by atoms with Crippen molar-refractivity contribution in [2.24, 2.45) is 0 Å². The van der Waals surface area contributed by atoms with Gasteiger partial charge in [0.15, 0.2) is 0 Å². The highest BCUT2D eigenvalue weighted by molar-refractivity contribution is 9.10. The Morgan fingerprint density at radius 3 is 2.29 bits per heavy atom. The second-order valence-electron chi connectivity index (χ2n) is 5.50. The van der Waals surface area contributed by atoms with Gasteiger partial charge in [0.1, 0.15) is 0 Å². The second kappa shape index (κ2) is 7.77. The van der Waals surface area contributed by atoms with Crippen molar-refractivity contribution in [3.05, 3.63) is 69.7 Å². The number of aryl methyl sites for hydroxylation is 1. The highest BCUT2D eigenvalue weighted by Gasteiger charge is 2.13. The van der Waals surface area contributed by atoms with Gasteiger partial charge in [-0.05, 0) is 48.6 Å². The number of hydrogen-bond acceptors (Lipinski definition) is 1. The molecule has 0 amide bonds. The van der Waals surface area contributed by atoms with Crippen LogP contribution in [-0.2, 0) is 6.42 Å². The summed E-state index contributed by atoms with van der Waals surface area (Å²) in [4.78, 5) is 0. The summed E-state index contributed by atoms with van der Waals surface area (Å²) in [7, 11) is 0. The first-order valence-electron chi connectivity index (χ1n) is 7.74. The molecule has 1 N–H and O–H groups in total. The lowest BCUT2D eigenvalue weighted by molar-refractivity contribution is 0.456. The molecule has 21 heavy (non-hydrogen) atoms. The zero-order valence-electron chi connectivity index (χ0n) is 13.1. The molecule has 0 aliphatic heterocycles. The van der Waals surface area contributed by atoms with E-state index in [-0.39, 0.29) is 0 Å². The highest BCUT2D eigenvalue weighted by Crippen LogP contribution is 2.24. The lowest BCUT2D eigenvalue weighted by atomic mass is 9.99. The van der Waals surface area contributed by atoms with E-state index in [0.29, 0.717) is 12.1 Å². The van der Waals surface area contributed by atoms with Crippen LogP contribution in [0.15, 0.2) is 53.0 Å². The smallest absolute Gasteiger partial charge is 0.0323 e. The van der Waals surface area contributed by atoms with Gasteiger partial charge in [-0.15, -0.1) is 0 Å². The van der Waals surface area contributed by atoms with Gasteiger partial charge in [-0.3, -0.25) is 0 Å². The summed E-state index contributed by atoms with van der Waals surface area (Å²) < 4.78 is 1.13. The molecule has 0 fully saturated rings. The van der Waals surface area contributed by atoms with Crippen LogP contribution in [0.2, 0.25) is 0 Å². The average molecular weight is 346 g/mol. The Hall–Kier alpha value is -1.12. The molecule has 0 saturated heterocycles. The third-order valence-corrected chi connectivity index (χ3v) is 4.49. The fraction of sp³-hybridized carbons (Fsp3) is 0.368. The largest absolute Gasteiger partial charge is 0.303 e. The second-order valence-corrected chi connectivity index (χ2v) is 6.42. The summed E-state index contributed by atoms with van der Waals surface area (Å²) >= 11 is 3.55. The molecule has 0 aliphatic carbocycles. The first kappa shape index (κ1) is 16.3. The molecule has 2 atom stereocenters. The minimum Gasteiger partial charge on any atom is -0.303 e. The normalized spacial score (nSPS) is 13.9. The van der Waals surface area contributed by atoms with Gasteiger partial charge >= 0.3 is 0 Å². The van der Waals surface area contributed by atoms with Crippen LogP contribution in [0.25, 0.3) is 0 Å². The summed E-state index contributed by atoms with van der Waals surface area (Å²) in [6.07, 6.45) is 2.18. The van der Waals surface area contributed by atoms with E-state index in [1.165, 1.54) is 16.7 Å². The van der Waals surface area contributed by atoms with Crippen LogP contribution < -0.4 is 5.32 Å². The summed E-state index contributed by atoms with van der Waals surface area (Å²) in [6, 6.07) is 18.2. The standard InChI is InChI=1S/C19H24BrN/c1-4-15-9-11-16(12-10-15)19(5-2)21-14(3)17-7-6-8-18(20)13-17/h6-14,19,21H,4-5H2,1-3H3/t14-,19?/m0/s1. The summed E-state index contributed by atoms with van der Waals surface area (Å²) in [5, 5.41) is 3.74. The molecule has 0 heterocycles. The topological polar surface area (TPSA) is 12.0 Å². The van der Waals surface area contributed by atoms with Crippen LogP contribution in [0.4, 0.5) is 0 Å². The molecule has 0 saturated carbocycles. The highest BCUT2D eigenvalue weighted by atomic mass is 79.9. The van der Waals surface area contributed by atoms with Crippen molar-refractivity contribution in [1.29, 1.82) is 0 Å². The lowest BCUT2D eigenvalue weighted by Gasteiger charge is -2.23. The molecule has 2 rings (SSSR count). The van der Waals surface area contributed by atoms with Crippen molar-refractivity contribution in [3.8, 4) is 0 Å². The summed E-state index contributed by atoms with van der Waals surface area (Å²) in [5.41, 5.74) is 4.08. The molecule has 1 unspecified atom stereocenters. The van der Waals surface area contributed by atoms with Crippen molar-refractivity contribution in [2.75, 3.05) is 0 Å². The Bertz CT molecular complexity index is 562. The molecule has 2 aromatic carbocycles. The molecular weight excluding hydrogens is 322 g/mol. The predicted molar refractivity (Wildman–Crippen MR) is 94.5 cm³/mol. The van der Waals surface area contributed by atoms with Crippen molar-refractivity contribution in [3.63, 3.8) is 0 Å². The van der Waals surface area contributed by atoms with Crippen molar-refractivity contribution in [1.82, 2.24) is 5.32 Å². The molecule has 2 heteroatoms. The Morgan fingerprint density at radius 2 is 1.71 bits per heavy atom. The molecule has 0 aliphatic rings. The monoisotopic (exact) mass is 345 g/mol. The molecule has 112 valence electrons. The van der Waals surface area contributed by atoms with Crippen LogP contribution >= 0.6 is 15.9 Å². The number of benzene rings is 2. The van der Waals surface area contributed by atoms with E-state index in [9.17, 15) is 0 Å². The average Bonchev–Trinajstić information content (AvgIpc) is 2.52. The zero-order chi connectivity index (χ0) is 15.2. The molecule has 0 aromatic heterocycles. The maximum absolute atomic E-state index is 3.74. The fourth-order valence-corrected chi connectivity index (χ4v) is 3.03. The number of rotatable bonds is 6. The summed E-state index contributed by atoms with van der Waals surface area (Å²) in [5.74, 6) is 0. The van der Waals surface area contributed by atoms with Crippen molar-refractivity contribution >= 4 is 15.9 Å². The van der Waals surface area contributed by atoms with Gasteiger partial charge in [-0.25, -0.2) is 0 Å². The number of nitrogens with one attached hydrogen (secondary N) is 1. The van der Waals surface area contributed by atoms with E-state index < -0.39 is 0 Å². The maximum atomic E-state index is 3.74. The SMILES string of the molecule is CCc1ccc(C(CC)N[C@@H](C)c2cccc(Br)c2)cc1. The Labute approximate surface area is 136 Å². The van der Waals surface area contributed by atoms with Crippen LogP contribution in [0, 0.1) is 0 Å². The molecule has 2 aromatic rings.